The lowest BCUT2D eigenvalue weighted by Gasteiger charge is -2.32. The van der Waals surface area contributed by atoms with Crippen LogP contribution in [-0.2, 0) is 59.8 Å². The van der Waals surface area contributed by atoms with Gasteiger partial charge in [0.25, 0.3) is 5.97 Å². The molecule has 322 valence electrons. The van der Waals surface area contributed by atoms with Crippen molar-refractivity contribution in [3.63, 3.8) is 0 Å². The van der Waals surface area contributed by atoms with Crippen molar-refractivity contribution >= 4 is 44.3 Å². The van der Waals surface area contributed by atoms with Crippen molar-refractivity contribution in [2.75, 3.05) is 51.1 Å². The minimum Gasteiger partial charge on any atom is -0.461 e. The number of esters is 2. The van der Waals surface area contributed by atoms with Gasteiger partial charge in [0, 0.05) is 62.6 Å². The minimum atomic E-state index is -2.73. The first-order chi connectivity index (χ1) is 28.2. The average Bonchev–Trinajstić information content (AvgIpc) is 3.23. The third kappa shape index (κ3) is 18.3. The summed E-state index contributed by atoms with van der Waals surface area (Å²) < 4.78 is 47.3. The van der Waals surface area contributed by atoms with Gasteiger partial charge in [-0.05, 0) is 94.2 Å². The van der Waals surface area contributed by atoms with Crippen LogP contribution in [0.25, 0.3) is 0 Å². The number of carbonyl (C=O) groups excluding carboxylic acids is 2. The van der Waals surface area contributed by atoms with Gasteiger partial charge in [0.15, 0.2) is 0 Å². The molecule has 3 rings (SSSR count). The Kier molecular flexibility index (Phi) is 24.6. The highest BCUT2D eigenvalue weighted by atomic mass is 32.2. The molecule has 0 bridgehead atoms. The maximum atomic E-state index is 13.2. The molecule has 13 heteroatoms. The molecule has 0 radical (unpaired) electrons. The summed E-state index contributed by atoms with van der Waals surface area (Å²) >= 11 is 3.45. The van der Waals surface area contributed by atoms with Gasteiger partial charge < -0.3 is 37.0 Å². The Bertz CT molecular complexity index is 1410. The molecule has 3 aromatic rings. The monoisotopic (exact) mass is 858 g/mol. The Hall–Kier alpha value is -2.72. The summed E-state index contributed by atoms with van der Waals surface area (Å²) in [4.78, 5) is 26.4. The molecule has 2 atom stereocenters. The first-order valence-electron chi connectivity index (χ1n) is 20.8. The Morgan fingerprint density at radius 2 is 1.00 bits per heavy atom. The van der Waals surface area contributed by atoms with Crippen molar-refractivity contribution in [2.45, 2.75) is 109 Å². The molecular formula is C45H66O10S2Si. The second-order valence-electron chi connectivity index (χ2n) is 13.3. The molecule has 0 saturated carbocycles. The molecule has 0 spiro atoms. The number of carbonyl (C=O) groups is 2. The van der Waals surface area contributed by atoms with E-state index in [2.05, 4.69) is 12.1 Å². The molecule has 2 unspecified atom stereocenters. The Morgan fingerprint density at radius 3 is 1.41 bits per heavy atom. The Balaban J connectivity index is 1.53. The van der Waals surface area contributed by atoms with Crippen LogP contribution in [-0.4, -0.2) is 77.9 Å². The lowest BCUT2D eigenvalue weighted by molar-refractivity contribution is -0.379. The summed E-state index contributed by atoms with van der Waals surface area (Å²) in [6.45, 7) is 15.0. The molecule has 0 aliphatic heterocycles. The van der Waals surface area contributed by atoms with E-state index in [9.17, 15) is 9.59 Å². The number of rotatable bonds is 32. The van der Waals surface area contributed by atoms with Crippen molar-refractivity contribution in [1.29, 1.82) is 0 Å². The smallest absolute Gasteiger partial charge is 0.461 e. The second kappa shape index (κ2) is 28.7. The molecule has 0 aliphatic rings. The third-order valence-corrected chi connectivity index (χ3v) is 14.8. The SMILES string of the molecule is CCOC(CCCSC(CC(=O)OCc1cccc(COC(=O)CC(SCCC[Si](OCC)(OCC)OCC)c2ccccc2)c1)c1ccccc1)(OCC)OCC. The fourth-order valence-electron chi connectivity index (χ4n) is 6.47. The van der Waals surface area contributed by atoms with Crippen molar-refractivity contribution < 1.29 is 46.6 Å². The topological polar surface area (TPSA) is 108 Å². The lowest BCUT2D eigenvalue weighted by Crippen LogP contribution is -2.46. The van der Waals surface area contributed by atoms with Crippen LogP contribution in [0, 0.1) is 0 Å². The molecule has 0 heterocycles. The van der Waals surface area contributed by atoms with Crippen molar-refractivity contribution in [1.82, 2.24) is 0 Å². The van der Waals surface area contributed by atoms with Crippen LogP contribution in [0.2, 0.25) is 6.04 Å². The number of benzene rings is 3. The van der Waals surface area contributed by atoms with Gasteiger partial charge in [-0.2, -0.15) is 23.5 Å². The number of ether oxygens (including phenoxy) is 5. The second-order valence-corrected chi connectivity index (χ2v) is 18.6. The highest BCUT2D eigenvalue weighted by Crippen LogP contribution is 2.36. The zero-order valence-electron chi connectivity index (χ0n) is 35.5. The van der Waals surface area contributed by atoms with Gasteiger partial charge in [0.2, 0.25) is 0 Å². The highest BCUT2D eigenvalue weighted by molar-refractivity contribution is 7.99. The van der Waals surface area contributed by atoms with Crippen LogP contribution in [0.15, 0.2) is 84.9 Å². The van der Waals surface area contributed by atoms with Crippen LogP contribution < -0.4 is 0 Å². The van der Waals surface area contributed by atoms with Gasteiger partial charge >= 0.3 is 20.7 Å². The van der Waals surface area contributed by atoms with Gasteiger partial charge in [-0.15, -0.1) is 0 Å². The van der Waals surface area contributed by atoms with Gasteiger partial charge in [0.1, 0.15) is 13.2 Å². The number of hydrogen-bond acceptors (Lipinski definition) is 12. The fourth-order valence-corrected chi connectivity index (χ4v) is 11.7. The van der Waals surface area contributed by atoms with E-state index in [1.807, 2.05) is 114 Å². The van der Waals surface area contributed by atoms with E-state index in [-0.39, 0.29) is 48.5 Å². The van der Waals surface area contributed by atoms with Crippen LogP contribution in [0.4, 0.5) is 0 Å². The van der Waals surface area contributed by atoms with Gasteiger partial charge in [-0.1, -0.05) is 78.9 Å². The van der Waals surface area contributed by atoms with E-state index >= 15 is 0 Å². The quantitative estimate of drug-likeness (QED) is 0.0258. The first-order valence-corrected chi connectivity index (χ1v) is 24.8. The summed E-state index contributed by atoms with van der Waals surface area (Å²) in [5, 5.41) is -0.137. The van der Waals surface area contributed by atoms with Crippen molar-refractivity contribution in [2.24, 2.45) is 0 Å². The summed E-state index contributed by atoms with van der Waals surface area (Å²) in [7, 11) is -2.73. The van der Waals surface area contributed by atoms with Crippen LogP contribution in [0.5, 0.6) is 0 Å². The molecule has 58 heavy (non-hydrogen) atoms. The zero-order valence-corrected chi connectivity index (χ0v) is 38.1. The molecule has 0 aliphatic carbocycles. The van der Waals surface area contributed by atoms with Crippen molar-refractivity contribution in [3.05, 3.63) is 107 Å². The van der Waals surface area contributed by atoms with E-state index in [0.717, 1.165) is 52.6 Å². The Morgan fingerprint density at radius 1 is 0.569 bits per heavy atom. The van der Waals surface area contributed by atoms with Crippen LogP contribution in [0.1, 0.15) is 106 Å². The largest absolute Gasteiger partial charge is 0.500 e. The van der Waals surface area contributed by atoms with E-state index < -0.39 is 14.8 Å². The zero-order chi connectivity index (χ0) is 41.9. The summed E-state index contributed by atoms with van der Waals surface area (Å²) in [5.74, 6) is -0.00359. The molecule has 0 fully saturated rings. The van der Waals surface area contributed by atoms with Crippen molar-refractivity contribution in [3.8, 4) is 0 Å². The Labute approximate surface area is 357 Å². The summed E-state index contributed by atoms with van der Waals surface area (Å²) in [6.07, 6.45) is 2.69. The van der Waals surface area contributed by atoms with Crippen LogP contribution >= 0.6 is 23.5 Å². The van der Waals surface area contributed by atoms with Gasteiger partial charge in [0.05, 0.1) is 12.8 Å². The lowest BCUT2D eigenvalue weighted by atomic mass is 10.1. The van der Waals surface area contributed by atoms with Gasteiger partial charge in [-0.3, -0.25) is 9.59 Å². The molecule has 0 N–H and O–H groups in total. The average molecular weight is 859 g/mol. The number of hydrogen-bond donors (Lipinski definition) is 0. The molecule has 0 aromatic heterocycles. The molecule has 10 nitrogen and oxygen atoms in total. The fraction of sp³-hybridized carbons (Fsp3) is 0.556. The molecule has 0 saturated heterocycles. The van der Waals surface area contributed by atoms with E-state index in [4.69, 9.17) is 37.0 Å². The maximum Gasteiger partial charge on any atom is 0.500 e. The molecule has 3 aromatic carbocycles. The maximum absolute atomic E-state index is 13.2. The predicted octanol–water partition coefficient (Wildman–Crippen LogP) is 10.5. The minimum absolute atomic E-state index is 0.0616. The van der Waals surface area contributed by atoms with E-state index in [1.54, 1.807) is 23.5 Å². The van der Waals surface area contributed by atoms with E-state index in [0.29, 0.717) is 46.1 Å². The summed E-state index contributed by atoms with van der Waals surface area (Å²) in [5.41, 5.74) is 3.80. The summed E-state index contributed by atoms with van der Waals surface area (Å²) in [6, 6.07) is 28.4. The number of thioether (sulfide) groups is 2. The third-order valence-electron chi connectivity index (χ3n) is 8.92. The standard InChI is InChI=1S/C45H66O10S2Si/c1-7-50-45(51-8-2,52-9-3)28-20-29-56-41(39-24-15-13-16-25-39)33-43(46)48-35-37-22-19-23-38(32-37)36-49-44(47)34-42(40-26-17-14-18-27-40)57-30-21-31-58(53-10-4,54-11-5)55-12-6/h13-19,22-27,32,41-42H,7-12,20-21,28-31,33-36H2,1-6H3. The molecular weight excluding hydrogens is 793 g/mol. The predicted molar refractivity (Wildman–Crippen MR) is 235 cm³/mol. The first kappa shape index (κ1) is 49.6. The molecule has 0 amide bonds. The highest BCUT2D eigenvalue weighted by Gasteiger charge is 2.39. The van der Waals surface area contributed by atoms with Crippen LogP contribution in [0.3, 0.4) is 0 Å². The van der Waals surface area contributed by atoms with Gasteiger partial charge in [-0.25, -0.2) is 0 Å². The van der Waals surface area contributed by atoms with E-state index in [1.165, 1.54) is 0 Å². The normalized spacial score (nSPS) is 12.9.